The molecule has 3 rings (SSSR count). The summed E-state index contributed by atoms with van der Waals surface area (Å²) in [5.41, 5.74) is 4.17. The minimum atomic E-state index is -1.29. The molecule has 33 heavy (non-hydrogen) atoms. The van der Waals surface area contributed by atoms with Crippen LogP contribution in [0.2, 0.25) is 0 Å². The van der Waals surface area contributed by atoms with E-state index in [1.165, 1.54) is 6.07 Å². The normalized spacial score (nSPS) is 10.4. The first-order valence-electron chi connectivity index (χ1n) is 9.14. The van der Waals surface area contributed by atoms with E-state index in [4.69, 9.17) is 15.9 Å². The molecule has 12 heteroatoms. The highest BCUT2D eigenvalue weighted by Crippen LogP contribution is 2.33. The predicted octanol–water partition coefficient (Wildman–Crippen LogP) is 4.36. The molecular weight excluding hydrogens is 446 g/mol. The van der Waals surface area contributed by atoms with Crippen LogP contribution in [-0.2, 0) is 11.3 Å². The number of carbonyl (C=O) groups excluding carboxylic acids is 2. The summed E-state index contributed by atoms with van der Waals surface area (Å²) < 4.78 is 61.5. The molecule has 2 aromatic carbocycles. The molecule has 0 bridgehead atoms. The van der Waals surface area contributed by atoms with Gasteiger partial charge in [-0.25, -0.2) is 37.0 Å². The number of benzene rings is 2. The van der Waals surface area contributed by atoms with Crippen molar-refractivity contribution in [2.45, 2.75) is 6.61 Å². The van der Waals surface area contributed by atoms with E-state index in [1.54, 1.807) is 0 Å². The van der Waals surface area contributed by atoms with Crippen molar-refractivity contribution in [3.05, 3.63) is 77.4 Å². The maximum Gasteiger partial charge on any atom is 0.412 e. The Bertz CT molecular complexity index is 1220. The van der Waals surface area contributed by atoms with Gasteiger partial charge < -0.3 is 10.5 Å². The maximum absolute atomic E-state index is 14.5. The number of alkyl carbamates (subject to hydrolysis) is 1. The van der Waals surface area contributed by atoms with Gasteiger partial charge in [-0.1, -0.05) is 6.07 Å². The molecule has 0 spiro atoms. The lowest BCUT2D eigenvalue weighted by Crippen LogP contribution is -2.33. The Labute approximate surface area is 184 Å². The van der Waals surface area contributed by atoms with Crippen molar-refractivity contribution in [2.75, 3.05) is 4.90 Å². The molecule has 0 unspecified atom stereocenters. The highest BCUT2D eigenvalue weighted by atomic mass is 19.1. The first-order valence-corrected chi connectivity index (χ1v) is 9.14. The number of anilines is 2. The molecule has 0 atom stereocenters. The van der Waals surface area contributed by atoms with E-state index in [2.05, 4.69) is 4.98 Å². The standard InChI is InChI=1S/C21H15F4N5O3/c22-12-5-6-13(16(25)8-12)18-11(9-33-21(32)28-10-26)4-7-17(29-18)30(20(27)31)19-14(23)2-1-3-15(19)24/h1-8,10H,9H2,(H2,27,31)(H2,26,28,32). The molecule has 0 saturated carbocycles. The summed E-state index contributed by atoms with van der Waals surface area (Å²) in [5.74, 6) is -4.50. The average Bonchev–Trinajstić information content (AvgIpc) is 2.75. The van der Waals surface area contributed by atoms with Crippen molar-refractivity contribution in [2.24, 2.45) is 5.73 Å². The van der Waals surface area contributed by atoms with Gasteiger partial charge >= 0.3 is 12.1 Å². The molecule has 0 radical (unpaired) electrons. The molecule has 0 saturated heterocycles. The lowest BCUT2D eigenvalue weighted by molar-refractivity contribution is 0.145. The van der Waals surface area contributed by atoms with Crippen molar-refractivity contribution in [3.63, 3.8) is 0 Å². The monoisotopic (exact) mass is 461 g/mol. The van der Waals surface area contributed by atoms with Crippen molar-refractivity contribution in [3.8, 4) is 11.3 Å². The van der Waals surface area contributed by atoms with Crippen molar-refractivity contribution >= 4 is 30.0 Å². The van der Waals surface area contributed by atoms with Crippen LogP contribution in [0.4, 0.5) is 38.7 Å². The minimum Gasteiger partial charge on any atom is -0.444 e. The molecule has 1 heterocycles. The van der Waals surface area contributed by atoms with E-state index in [1.807, 2.05) is 5.32 Å². The van der Waals surface area contributed by atoms with Crippen LogP contribution < -0.4 is 16.0 Å². The zero-order chi connectivity index (χ0) is 24.1. The van der Waals surface area contributed by atoms with Crippen molar-refractivity contribution < 1.29 is 31.9 Å². The second-order valence-electron chi connectivity index (χ2n) is 6.41. The highest BCUT2D eigenvalue weighted by molar-refractivity contribution is 5.98. The number of para-hydroxylation sites is 1. The third kappa shape index (κ3) is 5.06. The molecule has 3 amide bonds. The van der Waals surface area contributed by atoms with Gasteiger partial charge in [-0.05, 0) is 36.4 Å². The molecule has 170 valence electrons. The van der Waals surface area contributed by atoms with Crippen LogP contribution in [0.25, 0.3) is 11.3 Å². The Hall–Kier alpha value is -4.48. The van der Waals surface area contributed by atoms with Gasteiger partial charge in [0.15, 0.2) is 0 Å². The fourth-order valence-corrected chi connectivity index (χ4v) is 2.92. The first kappa shape index (κ1) is 23.2. The van der Waals surface area contributed by atoms with Gasteiger partial charge in [0.25, 0.3) is 0 Å². The Morgan fingerprint density at radius 3 is 2.36 bits per heavy atom. The number of ether oxygens (including phenoxy) is 1. The third-order valence-electron chi connectivity index (χ3n) is 4.31. The Morgan fingerprint density at radius 2 is 1.76 bits per heavy atom. The number of nitrogens with two attached hydrogens (primary N) is 1. The molecule has 0 fully saturated rings. The van der Waals surface area contributed by atoms with Gasteiger partial charge in [0.05, 0.1) is 12.0 Å². The predicted molar refractivity (Wildman–Crippen MR) is 110 cm³/mol. The van der Waals surface area contributed by atoms with Crippen LogP contribution in [0.15, 0.2) is 48.5 Å². The number of aromatic nitrogens is 1. The summed E-state index contributed by atoms with van der Waals surface area (Å²) in [4.78, 5) is 28.2. The van der Waals surface area contributed by atoms with E-state index in [-0.39, 0.29) is 22.6 Å². The van der Waals surface area contributed by atoms with E-state index in [9.17, 15) is 27.2 Å². The van der Waals surface area contributed by atoms with Crippen molar-refractivity contribution in [1.29, 1.82) is 5.41 Å². The lowest BCUT2D eigenvalue weighted by Gasteiger charge is -2.22. The summed E-state index contributed by atoms with van der Waals surface area (Å²) in [7, 11) is 0. The molecule has 0 aliphatic rings. The lowest BCUT2D eigenvalue weighted by atomic mass is 10.1. The quantitative estimate of drug-likeness (QED) is 0.287. The number of hydrogen-bond donors (Lipinski definition) is 3. The van der Waals surface area contributed by atoms with Crippen molar-refractivity contribution in [1.82, 2.24) is 10.3 Å². The molecule has 0 aliphatic carbocycles. The average molecular weight is 461 g/mol. The van der Waals surface area contributed by atoms with E-state index in [0.29, 0.717) is 17.3 Å². The van der Waals surface area contributed by atoms with E-state index in [0.717, 1.165) is 36.4 Å². The third-order valence-corrected chi connectivity index (χ3v) is 4.31. The fraction of sp³-hybridized carbons (Fsp3) is 0.0476. The second kappa shape index (κ2) is 9.77. The number of nitrogens with one attached hydrogen (secondary N) is 2. The summed E-state index contributed by atoms with van der Waals surface area (Å²) >= 11 is 0. The number of hydrogen-bond acceptors (Lipinski definition) is 5. The van der Waals surface area contributed by atoms with Gasteiger partial charge in [-0.3, -0.25) is 10.7 Å². The number of nitrogens with zero attached hydrogens (tertiary/aromatic N) is 2. The summed E-state index contributed by atoms with van der Waals surface area (Å²) in [6.07, 6.45) is -0.412. The number of carbonyl (C=O) groups is 2. The number of urea groups is 1. The second-order valence-corrected chi connectivity index (χ2v) is 6.41. The first-order chi connectivity index (χ1) is 15.7. The smallest absolute Gasteiger partial charge is 0.412 e. The number of primary amides is 1. The molecule has 8 nitrogen and oxygen atoms in total. The summed E-state index contributed by atoms with van der Waals surface area (Å²) in [6.45, 7) is -0.469. The topological polar surface area (TPSA) is 121 Å². The molecule has 3 aromatic rings. The molecular formula is C21H15F4N5O3. The number of halogens is 4. The van der Waals surface area contributed by atoms with Gasteiger partial charge in [0.1, 0.15) is 41.4 Å². The highest BCUT2D eigenvalue weighted by Gasteiger charge is 2.25. The van der Waals surface area contributed by atoms with Gasteiger partial charge in [0.2, 0.25) is 0 Å². The molecule has 1 aromatic heterocycles. The van der Waals surface area contributed by atoms with Crippen LogP contribution in [0, 0.1) is 28.7 Å². The molecule has 0 aliphatic heterocycles. The zero-order valence-electron chi connectivity index (χ0n) is 16.6. The van der Waals surface area contributed by atoms with Gasteiger partial charge in [-0.2, -0.15) is 0 Å². The van der Waals surface area contributed by atoms with E-state index < -0.39 is 47.7 Å². The van der Waals surface area contributed by atoms with Crippen LogP contribution in [0.3, 0.4) is 0 Å². The molecule has 4 N–H and O–H groups in total. The Balaban J connectivity index is 2.16. The maximum atomic E-state index is 14.5. The Kier molecular flexibility index (Phi) is 6.86. The minimum absolute atomic E-state index is 0.0998. The summed E-state index contributed by atoms with van der Waals surface area (Å²) in [5, 5.41) is 8.78. The van der Waals surface area contributed by atoms with Gasteiger partial charge in [-0.15, -0.1) is 0 Å². The van der Waals surface area contributed by atoms with Crippen LogP contribution in [0.5, 0.6) is 0 Å². The SMILES string of the molecule is N=CNC(=O)OCc1ccc(N(C(N)=O)c2c(F)cccc2F)nc1-c1ccc(F)cc1F. The number of pyridine rings is 1. The van der Waals surface area contributed by atoms with E-state index >= 15 is 0 Å². The van der Waals surface area contributed by atoms with Crippen LogP contribution in [0.1, 0.15) is 5.56 Å². The van der Waals surface area contributed by atoms with Gasteiger partial charge in [0, 0.05) is 17.2 Å². The fourth-order valence-electron chi connectivity index (χ4n) is 2.92. The number of rotatable bonds is 6. The number of amides is 3. The van der Waals surface area contributed by atoms with Crippen LogP contribution >= 0.6 is 0 Å². The van der Waals surface area contributed by atoms with Crippen LogP contribution in [-0.4, -0.2) is 23.4 Å². The zero-order valence-corrected chi connectivity index (χ0v) is 16.6. The Morgan fingerprint density at radius 1 is 1.06 bits per heavy atom. The summed E-state index contributed by atoms with van der Waals surface area (Å²) in [6, 6.07) is 6.59. The largest absolute Gasteiger partial charge is 0.444 e.